The van der Waals surface area contributed by atoms with E-state index >= 15 is 0 Å². The van der Waals surface area contributed by atoms with Crippen molar-refractivity contribution in [1.82, 2.24) is 0 Å². The van der Waals surface area contributed by atoms with Crippen LogP contribution in [0, 0.1) is 5.82 Å². The van der Waals surface area contributed by atoms with Crippen molar-refractivity contribution >= 4 is 21.9 Å². The highest BCUT2D eigenvalue weighted by molar-refractivity contribution is 9.10. The Hall–Kier alpha value is -1.88. The number of rotatable bonds is 4. The predicted octanol–water partition coefficient (Wildman–Crippen LogP) is 3.87. The van der Waals surface area contributed by atoms with E-state index in [4.69, 9.17) is 9.84 Å². The number of hydrogen-bond acceptors (Lipinski definition) is 2. The molecule has 1 N–H and O–H groups in total. The maximum Gasteiger partial charge on any atom is 0.342 e. The van der Waals surface area contributed by atoms with Crippen molar-refractivity contribution in [2.45, 2.75) is 6.61 Å². The first-order valence-corrected chi connectivity index (χ1v) is 6.26. The van der Waals surface area contributed by atoms with Gasteiger partial charge in [0, 0.05) is 4.47 Å². The van der Waals surface area contributed by atoms with Gasteiger partial charge in [-0.2, -0.15) is 0 Å². The van der Waals surface area contributed by atoms with Gasteiger partial charge in [-0.1, -0.05) is 34.1 Å². The molecule has 2 aromatic rings. The predicted molar refractivity (Wildman–Crippen MR) is 71.8 cm³/mol. The van der Waals surface area contributed by atoms with Crippen LogP contribution in [-0.2, 0) is 6.61 Å². The van der Waals surface area contributed by atoms with Gasteiger partial charge >= 0.3 is 5.97 Å². The van der Waals surface area contributed by atoms with Crippen LogP contribution in [0.2, 0.25) is 0 Å². The molecule has 0 heterocycles. The number of carboxylic acids is 1. The summed E-state index contributed by atoms with van der Waals surface area (Å²) in [6.07, 6.45) is 0. The lowest BCUT2D eigenvalue weighted by Gasteiger charge is -2.09. The van der Waals surface area contributed by atoms with E-state index in [1.807, 2.05) is 24.3 Å². The normalized spacial score (nSPS) is 10.2. The quantitative estimate of drug-likeness (QED) is 0.928. The first-order chi connectivity index (χ1) is 9.08. The van der Waals surface area contributed by atoms with E-state index in [-0.39, 0.29) is 12.4 Å². The van der Waals surface area contributed by atoms with E-state index in [1.165, 1.54) is 12.1 Å². The van der Waals surface area contributed by atoms with Crippen molar-refractivity contribution in [1.29, 1.82) is 0 Å². The summed E-state index contributed by atoms with van der Waals surface area (Å²) < 4.78 is 19.7. The molecule has 0 aliphatic carbocycles. The zero-order valence-corrected chi connectivity index (χ0v) is 11.4. The molecule has 0 amide bonds. The molecule has 19 heavy (non-hydrogen) atoms. The van der Waals surface area contributed by atoms with Gasteiger partial charge in [0.2, 0.25) is 0 Å². The van der Waals surface area contributed by atoms with Crippen LogP contribution < -0.4 is 4.74 Å². The van der Waals surface area contributed by atoms with Crippen LogP contribution in [0.4, 0.5) is 4.39 Å². The number of ether oxygens (including phenoxy) is 1. The molecule has 2 rings (SSSR count). The van der Waals surface area contributed by atoms with Gasteiger partial charge in [-0.3, -0.25) is 0 Å². The second kappa shape index (κ2) is 5.84. The fourth-order valence-electron chi connectivity index (χ4n) is 1.62. The molecule has 0 aromatic heterocycles. The monoisotopic (exact) mass is 324 g/mol. The van der Waals surface area contributed by atoms with Gasteiger partial charge in [-0.15, -0.1) is 0 Å². The highest BCUT2D eigenvalue weighted by Crippen LogP contribution is 2.23. The lowest BCUT2D eigenvalue weighted by Crippen LogP contribution is -2.06. The summed E-state index contributed by atoms with van der Waals surface area (Å²) in [7, 11) is 0. The Morgan fingerprint density at radius 2 is 2.00 bits per heavy atom. The zero-order valence-electron chi connectivity index (χ0n) is 9.77. The van der Waals surface area contributed by atoms with Crippen LogP contribution in [0.5, 0.6) is 5.75 Å². The van der Waals surface area contributed by atoms with Crippen LogP contribution in [-0.4, -0.2) is 11.1 Å². The second-order valence-electron chi connectivity index (χ2n) is 3.84. The Kier molecular flexibility index (Phi) is 4.16. The highest BCUT2D eigenvalue weighted by Gasteiger charge is 2.16. The first kappa shape index (κ1) is 13.5. The molecule has 0 spiro atoms. The van der Waals surface area contributed by atoms with Crippen molar-refractivity contribution in [3.05, 3.63) is 63.9 Å². The molecule has 0 saturated heterocycles. The van der Waals surface area contributed by atoms with Crippen LogP contribution in [0.3, 0.4) is 0 Å². The number of hydrogen-bond donors (Lipinski definition) is 1. The maximum atomic E-state index is 13.4. The van der Waals surface area contributed by atoms with Gasteiger partial charge in [-0.05, 0) is 29.8 Å². The van der Waals surface area contributed by atoms with Gasteiger partial charge in [0.25, 0.3) is 0 Å². The fourth-order valence-corrected chi connectivity index (χ4v) is 2.07. The number of carbonyl (C=O) groups is 1. The number of carboxylic acid groups (broad SMARTS) is 1. The van der Waals surface area contributed by atoms with Crippen molar-refractivity contribution in [3.8, 4) is 5.75 Å². The van der Waals surface area contributed by atoms with Crippen LogP contribution in [0.1, 0.15) is 15.9 Å². The summed E-state index contributed by atoms with van der Waals surface area (Å²) in [6, 6.07) is 11.3. The Labute approximate surface area is 117 Å². The zero-order chi connectivity index (χ0) is 13.8. The summed E-state index contributed by atoms with van der Waals surface area (Å²) in [6.45, 7) is 0.170. The van der Waals surface area contributed by atoms with Gasteiger partial charge in [0.15, 0.2) is 0 Å². The molecule has 0 saturated carbocycles. The van der Waals surface area contributed by atoms with E-state index in [9.17, 15) is 9.18 Å². The van der Waals surface area contributed by atoms with Crippen molar-refractivity contribution < 1.29 is 19.0 Å². The SMILES string of the molecule is O=C(O)c1c(F)cccc1OCc1cccc(Br)c1. The first-order valence-electron chi connectivity index (χ1n) is 5.47. The second-order valence-corrected chi connectivity index (χ2v) is 4.75. The standard InChI is InChI=1S/C14H10BrFO3/c15-10-4-1-3-9(7-10)8-19-12-6-2-5-11(16)13(12)14(17)18/h1-7H,8H2,(H,17,18). The molecule has 2 aromatic carbocycles. The van der Waals surface area contributed by atoms with E-state index in [1.54, 1.807) is 0 Å². The molecule has 98 valence electrons. The lowest BCUT2D eigenvalue weighted by molar-refractivity contribution is 0.0686. The van der Waals surface area contributed by atoms with Crippen LogP contribution in [0.25, 0.3) is 0 Å². The van der Waals surface area contributed by atoms with Gasteiger partial charge in [0.05, 0.1) is 0 Å². The molecule has 0 unspecified atom stereocenters. The third kappa shape index (κ3) is 3.32. The Morgan fingerprint density at radius 1 is 1.26 bits per heavy atom. The van der Waals surface area contributed by atoms with Gasteiger partial charge < -0.3 is 9.84 Å². The maximum absolute atomic E-state index is 13.4. The van der Waals surface area contributed by atoms with Gasteiger partial charge in [-0.25, -0.2) is 9.18 Å². The molecular formula is C14H10BrFO3. The topological polar surface area (TPSA) is 46.5 Å². The average Bonchev–Trinajstić information content (AvgIpc) is 2.36. The molecule has 0 aliphatic rings. The van der Waals surface area contributed by atoms with Gasteiger partial charge in [0.1, 0.15) is 23.7 Å². The number of halogens is 2. The molecule has 5 heteroatoms. The van der Waals surface area contributed by atoms with Crippen molar-refractivity contribution in [2.75, 3.05) is 0 Å². The molecule has 0 fully saturated rings. The Bertz CT molecular complexity index is 613. The minimum atomic E-state index is -1.35. The molecule has 0 atom stereocenters. The third-order valence-electron chi connectivity index (χ3n) is 2.47. The highest BCUT2D eigenvalue weighted by atomic mass is 79.9. The molecule has 0 radical (unpaired) electrons. The third-order valence-corrected chi connectivity index (χ3v) is 2.97. The fraction of sp³-hybridized carbons (Fsp3) is 0.0714. The summed E-state index contributed by atoms with van der Waals surface area (Å²) in [4.78, 5) is 11.0. The molecular weight excluding hydrogens is 315 g/mol. The summed E-state index contributed by atoms with van der Waals surface area (Å²) >= 11 is 3.33. The smallest absolute Gasteiger partial charge is 0.342 e. The van der Waals surface area contributed by atoms with Crippen molar-refractivity contribution in [2.24, 2.45) is 0 Å². The molecule has 0 aliphatic heterocycles. The summed E-state index contributed by atoms with van der Waals surface area (Å²) in [5, 5.41) is 8.96. The minimum absolute atomic E-state index is 0.0208. The average molecular weight is 325 g/mol. The Morgan fingerprint density at radius 3 is 2.68 bits per heavy atom. The van der Waals surface area contributed by atoms with Crippen LogP contribution in [0.15, 0.2) is 46.9 Å². The van der Waals surface area contributed by atoms with Crippen molar-refractivity contribution in [3.63, 3.8) is 0 Å². The molecule has 3 nitrogen and oxygen atoms in total. The number of aromatic carboxylic acids is 1. The largest absolute Gasteiger partial charge is 0.488 e. The summed E-state index contributed by atoms with van der Waals surface area (Å²) in [5.74, 6) is -2.13. The summed E-state index contributed by atoms with van der Waals surface area (Å²) in [5.41, 5.74) is 0.410. The van der Waals surface area contributed by atoms with E-state index in [0.29, 0.717) is 0 Å². The van der Waals surface area contributed by atoms with E-state index in [0.717, 1.165) is 16.1 Å². The molecule has 0 bridgehead atoms. The Balaban J connectivity index is 2.20. The van der Waals surface area contributed by atoms with E-state index < -0.39 is 17.3 Å². The number of benzene rings is 2. The van der Waals surface area contributed by atoms with Crippen LogP contribution >= 0.6 is 15.9 Å². The lowest BCUT2D eigenvalue weighted by atomic mass is 10.2. The minimum Gasteiger partial charge on any atom is -0.488 e. The van der Waals surface area contributed by atoms with E-state index in [2.05, 4.69) is 15.9 Å².